The largest absolute Gasteiger partial charge is 0.338 e. The van der Waals surface area contributed by atoms with Crippen molar-refractivity contribution in [3.8, 4) is 0 Å². The highest BCUT2D eigenvalue weighted by molar-refractivity contribution is 5.81. The Labute approximate surface area is 129 Å². The number of H-pyrrole nitrogens is 1. The van der Waals surface area contributed by atoms with Gasteiger partial charge in [-0.2, -0.15) is 5.10 Å². The molecule has 1 aromatic carbocycles. The van der Waals surface area contributed by atoms with E-state index in [4.69, 9.17) is 0 Å². The van der Waals surface area contributed by atoms with Gasteiger partial charge in [0.05, 0.1) is 6.54 Å². The number of aromatic nitrogens is 2. The average Bonchev–Trinajstić information content (AvgIpc) is 3.29. The van der Waals surface area contributed by atoms with Gasteiger partial charge in [-0.25, -0.2) is 0 Å². The van der Waals surface area contributed by atoms with E-state index in [1.807, 2.05) is 17.0 Å². The Morgan fingerprint density at radius 3 is 3.05 bits per heavy atom. The summed E-state index contributed by atoms with van der Waals surface area (Å²) in [4.78, 5) is 14.3. The number of rotatable bonds is 3. The van der Waals surface area contributed by atoms with Crippen molar-refractivity contribution in [3.05, 3.63) is 41.1 Å². The number of carbonyl (C=O) groups excluding carboxylic acids is 1. The van der Waals surface area contributed by atoms with Crippen LogP contribution in [0, 0.1) is 12.8 Å². The van der Waals surface area contributed by atoms with Gasteiger partial charge in [-0.05, 0) is 37.5 Å². The van der Waals surface area contributed by atoms with Gasteiger partial charge in [0.2, 0.25) is 5.91 Å². The molecule has 4 rings (SSSR count). The molecule has 5 heteroatoms. The maximum absolute atomic E-state index is 12.3. The molecule has 2 aromatic rings. The van der Waals surface area contributed by atoms with Crippen LogP contribution in [0.3, 0.4) is 0 Å². The van der Waals surface area contributed by atoms with Gasteiger partial charge in [-0.1, -0.05) is 12.1 Å². The molecule has 0 spiro atoms. The van der Waals surface area contributed by atoms with Crippen molar-refractivity contribution in [1.29, 1.82) is 0 Å². The van der Waals surface area contributed by atoms with Gasteiger partial charge < -0.3 is 10.2 Å². The predicted octanol–water partition coefficient (Wildman–Crippen LogP) is 2.76. The van der Waals surface area contributed by atoms with E-state index in [0.717, 1.165) is 48.6 Å². The molecular weight excluding hydrogens is 276 g/mol. The number of aryl methyl sites for hydroxylation is 1. The first-order chi connectivity index (χ1) is 10.7. The zero-order valence-corrected chi connectivity index (χ0v) is 12.7. The summed E-state index contributed by atoms with van der Waals surface area (Å²) in [5.74, 6) is 1.43. The molecule has 2 aliphatic rings. The zero-order valence-electron chi connectivity index (χ0n) is 12.7. The summed E-state index contributed by atoms with van der Waals surface area (Å²) in [6, 6.07) is 8.22. The first-order valence-corrected chi connectivity index (χ1v) is 7.89. The van der Waals surface area contributed by atoms with E-state index in [2.05, 4.69) is 34.6 Å². The van der Waals surface area contributed by atoms with E-state index in [1.54, 1.807) is 0 Å². The molecule has 0 unspecified atom stereocenters. The maximum atomic E-state index is 12.3. The summed E-state index contributed by atoms with van der Waals surface area (Å²) in [5, 5.41) is 10.9. The van der Waals surface area contributed by atoms with E-state index < -0.39 is 0 Å². The molecule has 2 heterocycles. The van der Waals surface area contributed by atoms with Gasteiger partial charge >= 0.3 is 0 Å². The predicted molar refractivity (Wildman–Crippen MR) is 84.9 cm³/mol. The van der Waals surface area contributed by atoms with Gasteiger partial charge in [0.15, 0.2) is 5.82 Å². The van der Waals surface area contributed by atoms with E-state index in [-0.39, 0.29) is 5.92 Å². The molecule has 5 nitrogen and oxygen atoms in total. The van der Waals surface area contributed by atoms with Gasteiger partial charge in [0, 0.05) is 35.8 Å². The molecule has 22 heavy (non-hydrogen) atoms. The fraction of sp³-hybridized carbons (Fsp3) is 0.412. The Morgan fingerprint density at radius 2 is 2.27 bits per heavy atom. The van der Waals surface area contributed by atoms with Gasteiger partial charge in [-0.15, -0.1) is 0 Å². The second kappa shape index (κ2) is 5.16. The number of fused-ring (bicyclic) bond motifs is 1. The molecule has 1 aliphatic heterocycles. The zero-order chi connectivity index (χ0) is 15.1. The van der Waals surface area contributed by atoms with Crippen LogP contribution in [0.5, 0.6) is 0 Å². The maximum Gasteiger partial charge on any atom is 0.225 e. The van der Waals surface area contributed by atoms with Crippen molar-refractivity contribution in [3.63, 3.8) is 0 Å². The average molecular weight is 296 g/mol. The number of benzene rings is 1. The topological polar surface area (TPSA) is 61.0 Å². The van der Waals surface area contributed by atoms with Crippen molar-refractivity contribution in [2.75, 3.05) is 11.9 Å². The third-order valence-electron chi connectivity index (χ3n) is 4.45. The van der Waals surface area contributed by atoms with Crippen molar-refractivity contribution < 1.29 is 4.79 Å². The van der Waals surface area contributed by atoms with Gasteiger partial charge in [0.25, 0.3) is 0 Å². The molecule has 0 saturated heterocycles. The van der Waals surface area contributed by atoms with Crippen LogP contribution < -0.4 is 5.32 Å². The molecule has 0 atom stereocenters. The lowest BCUT2D eigenvalue weighted by molar-refractivity contribution is -0.133. The summed E-state index contributed by atoms with van der Waals surface area (Å²) < 4.78 is 0. The van der Waals surface area contributed by atoms with E-state index in [0.29, 0.717) is 12.5 Å². The number of carbonyl (C=O) groups is 1. The summed E-state index contributed by atoms with van der Waals surface area (Å²) >= 11 is 0. The first-order valence-electron chi connectivity index (χ1n) is 7.89. The summed E-state index contributed by atoms with van der Waals surface area (Å²) in [6.07, 6.45) is 2.97. The van der Waals surface area contributed by atoms with Crippen LogP contribution >= 0.6 is 0 Å². The lowest BCUT2D eigenvalue weighted by Gasteiger charge is -2.27. The third-order valence-corrected chi connectivity index (χ3v) is 4.45. The number of hydrogen-bond acceptors (Lipinski definition) is 3. The monoisotopic (exact) mass is 296 g/mol. The lowest BCUT2D eigenvalue weighted by Crippen LogP contribution is -2.36. The quantitative estimate of drug-likeness (QED) is 0.915. The van der Waals surface area contributed by atoms with Crippen LogP contribution in [0.1, 0.15) is 29.7 Å². The Bertz CT molecular complexity index is 717. The normalized spacial score (nSPS) is 17.2. The van der Waals surface area contributed by atoms with Crippen LogP contribution in [-0.4, -0.2) is 27.5 Å². The third kappa shape index (κ3) is 2.47. The summed E-state index contributed by atoms with van der Waals surface area (Å²) in [6.45, 7) is 3.53. The highest BCUT2D eigenvalue weighted by atomic mass is 16.2. The number of nitrogens with zero attached hydrogens (tertiary/aromatic N) is 2. The lowest BCUT2D eigenvalue weighted by atomic mass is 10.1. The number of aromatic amines is 1. The molecule has 1 fully saturated rings. The van der Waals surface area contributed by atoms with Gasteiger partial charge in [-0.3, -0.25) is 9.89 Å². The molecule has 1 aromatic heterocycles. The minimum Gasteiger partial charge on any atom is -0.338 e. The smallest absolute Gasteiger partial charge is 0.225 e. The second-order valence-electron chi connectivity index (χ2n) is 6.31. The number of nitrogens with one attached hydrogen (secondary N) is 2. The minimum atomic E-state index is 0.279. The molecule has 1 aliphatic carbocycles. The number of hydrogen-bond donors (Lipinski definition) is 2. The van der Waals surface area contributed by atoms with Crippen LogP contribution in [0.4, 0.5) is 11.5 Å². The highest BCUT2D eigenvalue weighted by Gasteiger charge is 2.35. The Kier molecular flexibility index (Phi) is 3.13. The Morgan fingerprint density at radius 1 is 1.41 bits per heavy atom. The van der Waals surface area contributed by atoms with Crippen molar-refractivity contribution in [1.82, 2.24) is 15.1 Å². The molecule has 0 bridgehead atoms. The number of amides is 1. The van der Waals surface area contributed by atoms with Crippen LogP contribution in [0.15, 0.2) is 24.3 Å². The Hall–Kier alpha value is -2.30. The first kappa shape index (κ1) is 13.4. The number of anilines is 2. The van der Waals surface area contributed by atoms with Crippen LogP contribution in [0.2, 0.25) is 0 Å². The van der Waals surface area contributed by atoms with E-state index in [1.165, 1.54) is 5.56 Å². The van der Waals surface area contributed by atoms with Crippen LogP contribution in [0.25, 0.3) is 0 Å². The van der Waals surface area contributed by atoms with Gasteiger partial charge in [0.1, 0.15) is 0 Å². The summed E-state index contributed by atoms with van der Waals surface area (Å²) in [5.41, 5.74) is 4.51. The van der Waals surface area contributed by atoms with Crippen molar-refractivity contribution in [2.24, 2.45) is 5.92 Å². The second-order valence-corrected chi connectivity index (χ2v) is 6.31. The molecule has 0 radical (unpaired) electrons. The fourth-order valence-electron chi connectivity index (χ4n) is 3.03. The molecule has 1 amide bonds. The molecule has 2 N–H and O–H groups in total. The van der Waals surface area contributed by atoms with Crippen molar-refractivity contribution >= 4 is 17.4 Å². The highest BCUT2D eigenvalue weighted by Crippen LogP contribution is 2.34. The molecular formula is C17H20N4O. The standard InChI is InChI=1S/C17H20N4O/c1-11-3-2-4-13(9-11)18-16-14-10-21(17(22)12-5-6-12)8-7-15(14)19-20-16/h2-4,9,12H,5-8,10H2,1H3,(H2,18,19,20). The summed E-state index contributed by atoms with van der Waals surface area (Å²) in [7, 11) is 0. The SMILES string of the molecule is Cc1cccc(Nc2n[nH]c3c2CN(C(=O)C2CC2)CC3)c1. The molecule has 1 saturated carbocycles. The van der Waals surface area contributed by atoms with E-state index >= 15 is 0 Å². The minimum absolute atomic E-state index is 0.279. The Balaban J connectivity index is 1.56. The van der Waals surface area contributed by atoms with E-state index in [9.17, 15) is 4.79 Å². The fourth-order valence-corrected chi connectivity index (χ4v) is 3.03. The molecule has 114 valence electrons. The van der Waals surface area contributed by atoms with Crippen molar-refractivity contribution in [2.45, 2.75) is 32.7 Å². The van der Waals surface area contributed by atoms with Crippen LogP contribution in [-0.2, 0) is 17.8 Å².